The van der Waals surface area contributed by atoms with E-state index < -0.39 is 0 Å². The van der Waals surface area contributed by atoms with Gasteiger partial charge in [0.15, 0.2) is 0 Å². The number of carbonyl (C=O) groups is 3. The third kappa shape index (κ3) is 7.93. The first-order valence-electron chi connectivity index (χ1n) is 14.2. The van der Waals surface area contributed by atoms with E-state index >= 15 is 0 Å². The lowest BCUT2D eigenvalue weighted by molar-refractivity contribution is -0.132. The summed E-state index contributed by atoms with van der Waals surface area (Å²) in [6, 6.07) is 15.7. The van der Waals surface area contributed by atoms with Crippen LogP contribution in [0.5, 0.6) is 0 Å². The minimum Gasteiger partial charge on any atom is -0.394 e. The van der Waals surface area contributed by atoms with Gasteiger partial charge in [-0.2, -0.15) is 0 Å². The Morgan fingerprint density at radius 1 is 0.846 bits per heavy atom. The van der Waals surface area contributed by atoms with Crippen molar-refractivity contribution in [2.45, 2.75) is 76.8 Å². The summed E-state index contributed by atoms with van der Waals surface area (Å²) in [5, 5.41) is 12.3. The fraction of sp³-hybridized carbons (Fsp3) is 0.469. The number of aliphatic hydroxyl groups excluding tert-OH is 1. The van der Waals surface area contributed by atoms with E-state index in [2.05, 4.69) is 17.2 Å². The first-order valence-corrected chi connectivity index (χ1v) is 14.2. The summed E-state index contributed by atoms with van der Waals surface area (Å²) in [5.74, 6) is 6.62. The van der Waals surface area contributed by atoms with Crippen molar-refractivity contribution in [3.63, 3.8) is 0 Å². The number of likely N-dealkylation sites (tertiary alicyclic amines) is 1. The number of nitrogens with one attached hydrogen (secondary N) is 1. The standard InChI is InChI=1S/C32H39N3O4/c36-24-28-14-10-22-34(28)31(38)17-2-1-9-21-33-30(37)16-7-8-18-32(39)35-23-27-13-4-3-11-25(27)19-20-26-12-5-6-15-29(26)35/h3-6,11-13,15,28,36H,1-2,7-10,14,16-18,21-24H2,(H,33,37). The van der Waals surface area contributed by atoms with Crippen LogP contribution in [0, 0.1) is 11.8 Å². The molecule has 2 aliphatic heterocycles. The van der Waals surface area contributed by atoms with Crippen molar-refractivity contribution in [3.8, 4) is 11.8 Å². The van der Waals surface area contributed by atoms with Crippen molar-refractivity contribution in [1.29, 1.82) is 0 Å². The third-order valence-electron chi connectivity index (χ3n) is 7.52. The van der Waals surface area contributed by atoms with E-state index in [1.54, 1.807) is 0 Å². The third-order valence-corrected chi connectivity index (χ3v) is 7.52. The number of para-hydroxylation sites is 1. The SMILES string of the molecule is O=C(CCCCC(=O)N1Cc2ccccc2C#Cc2ccccc21)NCCCCCC(=O)N1CCCC1CO. The van der Waals surface area contributed by atoms with Gasteiger partial charge in [-0.05, 0) is 62.3 Å². The second-order valence-electron chi connectivity index (χ2n) is 10.3. The number of anilines is 1. The molecule has 4 rings (SSSR count). The van der Waals surface area contributed by atoms with Crippen molar-refractivity contribution in [3.05, 3.63) is 65.2 Å². The molecule has 3 amide bonds. The Bertz CT molecular complexity index is 1220. The van der Waals surface area contributed by atoms with E-state index in [1.165, 1.54) is 0 Å². The molecule has 2 aromatic carbocycles. The van der Waals surface area contributed by atoms with Crippen LogP contribution in [-0.4, -0.2) is 53.5 Å². The van der Waals surface area contributed by atoms with Crippen molar-refractivity contribution < 1.29 is 19.5 Å². The summed E-state index contributed by atoms with van der Waals surface area (Å²) in [5.41, 5.74) is 3.64. The van der Waals surface area contributed by atoms with Gasteiger partial charge in [0.25, 0.3) is 0 Å². The molecule has 0 bridgehead atoms. The molecule has 1 unspecified atom stereocenters. The summed E-state index contributed by atoms with van der Waals surface area (Å²) in [4.78, 5) is 41.5. The molecular weight excluding hydrogens is 490 g/mol. The van der Waals surface area contributed by atoms with Crippen molar-refractivity contribution >= 4 is 23.4 Å². The molecule has 0 spiro atoms. The molecule has 7 nitrogen and oxygen atoms in total. The van der Waals surface area contributed by atoms with Gasteiger partial charge in [0.1, 0.15) is 0 Å². The highest BCUT2D eigenvalue weighted by Gasteiger charge is 2.27. The fourth-order valence-corrected chi connectivity index (χ4v) is 5.30. The van der Waals surface area contributed by atoms with E-state index in [1.807, 2.05) is 58.3 Å². The average molecular weight is 530 g/mol. The summed E-state index contributed by atoms with van der Waals surface area (Å²) < 4.78 is 0. The van der Waals surface area contributed by atoms with Crippen LogP contribution in [-0.2, 0) is 20.9 Å². The van der Waals surface area contributed by atoms with Crippen LogP contribution >= 0.6 is 0 Å². The normalized spacial score (nSPS) is 15.9. The number of carbonyl (C=O) groups excluding carboxylic acids is 3. The molecule has 7 heteroatoms. The fourth-order valence-electron chi connectivity index (χ4n) is 5.30. The number of nitrogens with zero attached hydrogens (tertiary/aromatic N) is 2. The van der Waals surface area contributed by atoms with E-state index in [0.717, 1.165) is 61.0 Å². The lowest BCUT2D eigenvalue weighted by Crippen LogP contribution is -2.37. The molecule has 0 aliphatic carbocycles. The molecule has 2 N–H and O–H groups in total. The Balaban J connectivity index is 1.13. The van der Waals surface area contributed by atoms with Crippen molar-refractivity contribution in [2.75, 3.05) is 24.6 Å². The van der Waals surface area contributed by atoms with Crippen LogP contribution in [0.3, 0.4) is 0 Å². The smallest absolute Gasteiger partial charge is 0.227 e. The maximum atomic E-state index is 13.3. The van der Waals surface area contributed by atoms with Crippen LogP contribution in [0.25, 0.3) is 0 Å². The Kier molecular flexibility index (Phi) is 10.6. The number of aliphatic hydroxyl groups is 1. The molecule has 0 radical (unpaired) electrons. The lowest BCUT2D eigenvalue weighted by Gasteiger charge is -2.26. The van der Waals surface area contributed by atoms with Gasteiger partial charge in [0, 0.05) is 43.5 Å². The Labute approximate surface area is 231 Å². The van der Waals surface area contributed by atoms with Crippen LogP contribution in [0.15, 0.2) is 48.5 Å². The molecule has 0 saturated carbocycles. The second-order valence-corrected chi connectivity index (χ2v) is 10.3. The van der Waals surface area contributed by atoms with Crippen LogP contribution in [0.4, 0.5) is 5.69 Å². The van der Waals surface area contributed by atoms with E-state index in [9.17, 15) is 19.5 Å². The van der Waals surface area contributed by atoms with Crippen LogP contribution < -0.4 is 10.2 Å². The number of fused-ring (bicyclic) bond motifs is 2. The molecule has 2 aliphatic rings. The highest BCUT2D eigenvalue weighted by Crippen LogP contribution is 2.26. The number of hydrogen-bond acceptors (Lipinski definition) is 4. The first kappa shape index (κ1) is 28.4. The van der Waals surface area contributed by atoms with Crippen LogP contribution in [0.2, 0.25) is 0 Å². The summed E-state index contributed by atoms with van der Waals surface area (Å²) >= 11 is 0. The molecule has 206 valence electrons. The number of rotatable bonds is 12. The quantitative estimate of drug-likeness (QED) is 0.319. The number of amides is 3. The Morgan fingerprint density at radius 3 is 2.38 bits per heavy atom. The topological polar surface area (TPSA) is 90.0 Å². The monoisotopic (exact) mass is 529 g/mol. The van der Waals surface area contributed by atoms with Gasteiger partial charge >= 0.3 is 0 Å². The number of hydrogen-bond donors (Lipinski definition) is 2. The molecular formula is C32H39N3O4. The zero-order valence-corrected chi connectivity index (χ0v) is 22.7. The molecule has 1 fully saturated rings. The van der Waals surface area contributed by atoms with E-state index in [4.69, 9.17) is 0 Å². The van der Waals surface area contributed by atoms with Gasteiger partial charge < -0.3 is 20.2 Å². The number of benzene rings is 2. The van der Waals surface area contributed by atoms with E-state index in [-0.39, 0.29) is 30.4 Å². The first-order chi connectivity index (χ1) is 19.1. The highest BCUT2D eigenvalue weighted by atomic mass is 16.3. The molecule has 2 heterocycles. The van der Waals surface area contributed by atoms with Gasteiger partial charge in [-0.3, -0.25) is 14.4 Å². The van der Waals surface area contributed by atoms with Gasteiger partial charge in [-0.15, -0.1) is 0 Å². The predicted molar refractivity (Wildman–Crippen MR) is 152 cm³/mol. The Morgan fingerprint density at radius 2 is 1.54 bits per heavy atom. The van der Waals surface area contributed by atoms with Gasteiger partial charge in [-0.25, -0.2) is 0 Å². The Hall–Kier alpha value is -3.63. The van der Waals surface area contributed by atoms with Gasteiger partial charge in [-0.1, -0.05) is 48.6 Å². The minimum absolute atomic E-state index is 0.00203. The zero-order valence-electron chi connectivity index (χ0n) is 22.7. The average Bonchev–Trinajstić information content (AvgIpc) is 3.43. The maximum absolute atomic E-state index is 13.3. The van der Waals surface area contributed by atoms with E-state index in [0.29, 0.717) is 45.2 Å². The minimum atomic E-state index is -0.0113. The van der Waals surface area contributed by atoms with Gasteiger partial charge in [0.2, 0.25) is 17.7 Å². The molecule has 2 aromatic rings. The van der Waals surface area contributed by atoms with Crippen LogP contribution in [0.1, 0.15) is 80.9 Å². The summed E-state index contributed by atoms with van der Waals surface area (Å²) in [6.07, 6.45) is 6.92. The van der Waals surface area contributed by atoms with Gasteiger partial charge in [0.05, 0.1) is 24.9 Å². The lowest BCUT2D eigenvalue weighted by atomic mass is 10.0. The molecule has 0 aromatic heterocycles. The largest absolute Gasteiger partial charge is 0.394 e. The highest BCUT2D eigenvalue weighted by molar-refractivity contribution is 5.95. The molecule has 1 atom stereocenters. The van der Waals surface area contributed by atoms with Crippen molar-refractivity contribution in [2.24, 2.45) is 0 Å². The summed E-state index contributed by atoms with van der Waals surface area (Å²) in [6.45, 7) is 1.87. The molecule has 1 saturated heterocycles. The maximum Gasteiger partial charge on any atom is 0.227 e. The second kappa shape index (κ2) is 14.5. The number of unbranched alkanes of at least 4 members (excludes halogenated alkanes) is 3. The predicted octanol–water partition coefficient (Wildman–Crippen LogP) is 4.15. The summed E-state index contributed by atoms with van der Waals surface area (Å²) in [7, 11) is 0. The van der Waals surface area contributed by atoms with Crippen molar-refractivity contribution in [1.82, 2.24) is 10.2 Å². The zero-order chi connectivity index (χ0) is 27.5. The molecule has 39 heavy (non-hydrogen) atoms.